The van der Waals surface area contributed by atoms with Crippen LogP contribution in [0, 0.1) is 48.5 Å². The molecule has 12 rings (SSSR count). The van der Waals surface area contributed by atoms with Crippen LogP contribution in [0.5, 0.6) is 0 Å². The normalized spacial score (nSPS) is 13.2. The molecule has 2 aliphatic rings. The Morgan fingerprint density at radius 3 is 1.67 bits per heavy atom. The van der Waals surface area contributed by atoms with E-state index in [0.29, 0.717) is 0 Å². The second-order valence-electron chi connectivity index (χ2n) is 22.6. The van der Waals surface area contributed by atoms with Gasteiger partial charge in [-0.25, -0.2) is 0 Å². The van der Waals surface area contributed by atoms with Gasteiger partial charge in [-0.05, 0) is 203 Å². The standard InChI is InChI=1S/C65H61BN2O/c1-36-26-41(6)59(42(7)27-36)44-20-22-53-55(31-44)67(49-34-47(64(8,9)10)33-48(35-49)65(11,12)13)56-32-45-24-25-69-63(45)60-52-30-46(58-39(4)18-15-19-40(58)5)29-51-50-28-43(57-37(2)16-14-17-38(57)3)21-23-54(50)68(62(51)52)66(53)61(56)60/h14-35H,1-13H3. The number of anilines is 3. The first kappa shape index (κ1) is 43.3. The highest BCUT2D eigenvalue weighted by Crippen LogP contribution is 2.51. The van der Waals surface area contributed by atoms with Crippen molar-refractivity contribution < 1.29 is 4.42 Å². The summed E-state index contributed by atoms with van der Waals surface area (Å²) in [5, 5.41) is 3.64. The third-order valence-corrected chi connectivity index (χ3v) is 15.7. The van der Waals surface area contributed by atoms with E-state index in [-0.39, 0.29) is 17.7 Å². The summed E-state index contributed by atoms with van der Waals surface area (Å²) >= 11 is 0. The topological polar surface area (TPSA) is 21.3 Å². The van der Waals surface area contributed by atoms with Crippen LogP contribution in [0.25, 0.3) is 77.3 Å². The summed E-state index contributed by atoms with van der Waals surface area (Å²) in [6.45, 7) is 29.7. The number of aryl methyl sites for hydroxylation is 7. The van der Waals surface area contributed by atoms with Gasteiger partial charge >= 0.3 is 6.85 Å². The van der Waals surface area contributed by atoms with E-state index in [4.69, 9.17) is 4.42 Å². The Bertz CT molecular complexity index is 3750. The monoisotopic (exact) mass is 896 g/mol. The van der Waals surface area contributed by atoms with Crippen LogP contribution in [0.1, 0.15) is 91.6 Å². The zero-order valence-electron chi connectivity index (χ0n) is 42.6. The number of hydrogen-bond donors (Lipinski definition) is 0. The number of nitrogens with zero attached hydrogens (tertiary/aromatic N) is 2. The van der Waals surface area contributed by atoms with Crippen molar-refractivity contribution in [3.8, 4) is 44.5 Å². The van der Waals surface area contributed by atoms with Gasteiger partial charge in [-0.2, -0.15) is 0 Å². The fraction of sp³-hybridized carbons (Fsp3) is 0.231. The Kier molecular flexibility index (Phi) is 9.39. The molecule has 2 aromatic heterocycles. The molecule has 69 heavy (non-hydrogen) atoms. The van der Waals surface area contributed by atoms with Gasteiger partial charge in [-0.15, -0.1) is 0 Å². The third kappa shape index (κ3) is 6.47. The highest BCUT2D eigenvalue weighted by Gasteiger charge is 2.45. The molecule has 0 spiro atoms. The second-order valence-corrected chi connectivity index (χ2v) is 22.6. The number of rotatable bonds is 4. The van der Waals surface area contributed by atoms with Crippen LogP contribution < -0.4 is 15.8 Å². The van der Waals surface area contributed by atoms with Crippen LogP contribution in [-0.2, 0) is 10.8 Å². The highest BCUT2D eigenvalue weighted by atomic mass is 16.3. The Morgan fingerprint density at radius 2 is 1.04 bits per heavy atom. The fourth-order valence-corrected chi connectivity index (χ4v) is 12.5. The van der Waals surface area contributed by atoms with E-state index in [1.165, 1.54) is 144 Å². The fourth-order valence-electron chi connectivity index (χ4n) is 12.5. The lowest BCUT2D eigenvalue weighted by Crippen LogP contribution is -2.56. The van der Waals surface area contributed by atoms with E-state index in [1.54, 1.807) is 0 Å². The minimum absolute atomic E-state index is 0.0720. The molecule has 4 heteroatoms. The maximum Gasteiger partial charge on any atom is 0.333 e. The van der Waals surface area contributed by atoms with Gasteiger partial charge < -0.3 is 13.8 Å². The summed E-state index contributed by atoms with van der Waals surface area (Å²) in [5.74, 6) is 0. The summed E-state index contributed by atoms with van der Waals surface area (Å²) in [4.78, 5) is 2.62. The molecule has 0 radical (unpaired) electrons. The van der Waals surface area contributed by atoms with Crippen LogP contribution in [-0.4, -0.2) is 11.3 Å². The molecule has 4 heterocycles. The summed E-state index contributed by atoms with van der Waals surface area (Å²) in [6, 6.07) is 49.6. The predicted molar refractivity (Wildman–Crippen MR) is 297 cm³/mol. The number of benzene rings is 8. The van der Waals surface area contributed by atoms with Crippen LogP contribution >= 0.6 is 0 Å². The van der Waals surface area contributed by atoms with E-state index in [2.05, 4.69) is 227 Å². The molecular weight excluding hydrogens is 836 g/mol. The van der Waals surface area contributed by atoms with Crippen molar-refractivity contribution >= 4 is 67.6 Å². The van der Waals surface area contributed by atoms with Gasteiger partial charge in [0.1, 0.15) is 5.58 Å². The molecular formula is C65H61BN2O. The zero-order valence-corrected chi connectivity index (χ0v) is 42.6. The van der Waals surface area contributed by atoms with Gasteiger partial charge in [0.05, 0.1) is 6.26 Å². The molecule has 0 N–H and O–H groups in total. The summed E-state index contributed by atoms with van der Waals surface area (Å²) < 4.78 is 9.45. The minimum Gasteiger partial charge on any atom is -0.464 e. The summed E-state index contributed by atoms with van der Waals surface area (Å²) in [5.41, 5.74) is 31.1. The van der Waals surface area contributed by atoms with Crippen molar-refractivity contribution in [2.45, 2.75) is 101 Å². The maximum absolute atomic E-state index is 6.75. The number of aromatic nitrogens is 1. The first-order valence-corrected chi connectivity index (χ1v) is 24.8. The molecule has 0 aliphatic carbocycles. The average Bonchev–Trinajstić information content (AvgIpc) is 3.89. The quantitative estimate of drug-likeness (QED) is 0.164. The maximum atomic E-state index is 6.75. The minimum atomic E-state index is -0.137. The first-order chi connectivity index (χ1) is 32.9. The number of furan rings is 1. The lowest BCUT2D eigenvalue weighted by molar-refractivity contribution is 0.569. The van der Waals surface area contributed by atoms with Crippen molar-refractivity contribution in [2.75, 3.05) is 4.90 Å². The molecule has 0 fully saturated rings. The van der Waals surface area contributed by atoms with Gasteiger partial charge in [0.2, 0.25) is 0 Å². The number of fused-ring (bicyclic) bond motifs is 9. The first-order valence-electron chi connectivity index (χ1n) is 24.8. The van der Waals surface area contributed by atoms with Crippen LogP contribution in [0.15, 0.2) is 138 Å². The summed E-state index contributed by atoms with van der Waals surface area (Å²) in [6.07, 6.45) is 1.89. The predicted octanol–water partition coefficient (Wildman–Crippen LogP) is 16.7. The van der Waals surface area contributed by atoms with E-state index in [1.807, 2.05) is 6.26 Å². The van der Waals surface area contributed by atoms with Crippen molar-refractivity contribution in [3.63, 3.8) is 0 Å². The lowest BCUT2D eigenvalue weighted by atomic mass is 9.45. The SMILES string of the molecule is Cc1cc(C)c(-c2ccc3c(c2)N(c2cc(C(C)(C)C)cc(C(C)(C)C)c2)c2cc4ccoc4c4c2B3n2c3ccc(-c5c(C)cccc5C)cc3c3cc(-c5c(C)cccc5C)cc-4c32)c(C)c1. The molecule has 0 saturated carbocycles. The second kappa shape index (κ2) is 15.0. The van der Waals surface area contributed by atoms with Gasteiger partial charge in [-0.3, -0.25) is 0 Å². The molecule has 8 aromatic carbocycles. The average molecular weight is 897 g/mol. The molecule has 340 valence electrons. The van der Waals surface area contributed by atoms with Crippen molar-refractivity contribution in [3.05, 3.63) is 184 Å². The van der Waals surface area contributed by atoms with Gasteiger partial charge in [0.25, 0.3) is 0 Å². The molecule has 0 amide bonds. The lowest BCUT2D eigenvalue weighted by Gasteiger charge is -2.41. The van der Waals surface area contributed by atoms with Gasteiger partial charge in [-0.1, -0.05) is 120 Å². The summed E-state index contributed by atoms with van der Waals surface area (Å²) in [7, 11) is 0. The van der Waals surface area contributed by atoms with Gasteiger partial charge in [0, 0.05) is 55.4 Å². The Balaban J connectivity index is 1.26. The molecule has 10 aromatic rings. The van der Waals surface area contributed by atoms with Crippen LogP contribution in [0.3, 0.4) is 0 Å². The molecule has 3 nitrogen and oxygen atoms in total. The Hall–Kier alpha value is -7.04. The molecule has 0 atom stereocenters. The zero-order chi connectivity index (χ0) is 48.2. The van der Waals surface area contributed by atoms with E-state index < -0.39 is 0 Å². The van der Waals surface area contributed by atoms with Gasteiger partial charge in [0.15, 0.2) is 0 Å². The van der Waals surface area contributed by atoms with Crippen LogP contribution in [0.2, 0.25) is 0 Å². The number of hydrogen-bond acceptors (Lipinski definition) is 2. The molecule has 2 aliphatic heterocycles. The van der Waals surface area contributed by atoms with Crippen molar-refractivity contribution in [1.29, 1.82) is 0 Å². The van der Waals surface area contributed by atoms with Crippen molar-refractivity contribution in [1.82, 2.24) is 4.48 Å². The largest absolute Gasteiger partial charge is 0.464 e. The third-order valence-electron chi connectivity index (χ3n) is 15.7. The van der Waals surface area contributed by atoms with E-state index in [0.717, 1.165) is 11.0 Å². The Morgan fingerprint density at radius 1 is 0.478 bits per heavy atom. The molecule has 0 bridgehead atoms. The molecule has 0 saturated heterocycles. The van der Waals surface area contributed by atoms with Crippen molar-refractivity contribution in [2.24, 2.45) is 0 Å². The van der Waals surface area contributed by atoms with E-state index in [9.17, 15) is 0 Å². The smallest absolute Gasteiger partial charge is 0.333 e. The Labute approximate surface area is 408 Å². The van der Waals surface area contributed by atoms with E-state index >= 15 is 0 Å². The molecule has 0 unspecified atom stereocenters. The van der Waals surface area contributed by atoms with Crippen LogP contribution in [0.4, 0.5) is 17.1 Å². The highest BCUT2D eigenvalue weighted by molar-refractivity contribution is 6.90.